The van der Waals surface area contributed by atoms with E-state index in [1.807, 2.05) is 0 Å². The summed E-state index contributed by atoms with van der Waals surface area (Å²) in [6.45, 7) is 9.82. The smallest absolute Gasteiger partial charge is 0.0195 e. The van der Waals surface area contributed by atoms with Crippen molar-refractivity contribution in [2.24, 2.45) is 16.2 Å². The molecular weight excluding hydrogens is 132 g/mol. The highest BCUT2D eigenvalue weighted by molar-refractivity contribution is 5.16. The normalized spacial score (nSPS) is 36.0. The largest absolute Gasteiger partial charge is 0.0593 e. The van der Waals surface area contributed by atoms with E-state index in [9.17, 15) is 0 Å². The van der Waals surface area contributed by atoms with Crippen LogP contribution in [0, 0.1) is 16.2 Å². The first kappa shape index (κ1) is 7.64. The van der Waals surface area contributed by atoms with Crippen molar-refractivity contribution in [3.8, 4) is 0 Å². The number of rotatable bonds is 0. The second-order valence-electron chi connectivity index (χ2n) is 5.88. The van der Waals surface area contributed by atoms with Crippen LogP contribution in [-0.4, -0.2) is 0 Å². The van der Waals surface area contributed by atoms with E-state index in [-0.39, 0.29) is 0 Å². The lowest BCUT2D eigenvalue weighted by atomic mass is 9.32. The van der Waals surface area contributed by atoms with Gasteiger partial charge < -0.3 is 0 Å². The Hall–Kier alpha value is 0. The van der Waals surface area contributed by atoms with E-state index >= 15 is 0 Å². The molecule has 0 aromatic heterocycles. The molecule has 2 saturated carbocycles. The summed E-state index contributed by atoms with van der Waals surface area (Å²) in [6, 6.07) is 0. The maximum atomic E-state index is 2.46. The molecule has 0 N–H and O–H groups in total. The third kappa shape index (κ3) is 0.625. The molecule has 11 heavy (non-hydrogen) atoms. The third-order valence-electron chi connectivity index (χ3n) is 4.68. The molecule has 2 rings (SSSR count). The summed E-state index contributed by atoms with van der Waals surface area (Å²) in [5.41, 5.74) is 2.03. The molecule has 0 saturated heterocycles. The van der Waals surface area contributed by atoms with Gasteiger partial charge in [-0.15, -0.1) is 0 Å². The molecule has 0 aliphatic heterocycles. The van der Waals surface area contributed by atoms with Gasteiger partial charge in [0.25, 0.3) is 0 Å². The highest BCUT2D eigenvalue weighted by Crippen LogP contribution is 2.75. The first-order chi connectivity index (χ1) is 4.91. The van der Waals surface area contributed by atoms with Gasteiger partial charge in [0.05, 0.1) is 0 Å². The Morgan fingerprint density at radius 1 is 0.818 bits per heavy atom. The molecule has 0 heterocycles. The zero-order valence-corrected chi connectivity index (χ0v) is 8.33. The van der Waals surface area contributed by atoms with Gasteiger partial charge in [-0.05, 0) is 35.5 Å². The van der Waals surface area contributed by atoms with Crippen molar-refractivity contribution >= 4 is 0 Å². The summed E-state index contributed by atoms with van der Waals surface area (Å²) in [5, 5.41) is 0. The van der Waals surface area contributed by atoms with Crippen molar-refractivity contribution in [3.05, 3.63) is 0 Å². The fraction of sp³-hybridized carbons (Fsp3) is 1.00. The van der Waals surface area contributed by atoms with E-state index in [1.54, 1.807) is 0 Å². The SMILES string of the molecule is CC1(C)CC(C)(C)C12CCC2. The quantitative estimate of drug-likeness (QED) is 0.497. The van der Waals surface area contributed by atoms with Gasteiger partial charge in [-0.3, -0.25) is 0 Å². The van der Waals surface area contributed by atoms with Crippen LogP contribution in [0.3, 0.4) is 0 Å². The summed E-state index contributed by atoms with van der Waals surface area (Å²) >= 11 is 0. The van der Waals surface area contributed by atoms with Gasteiger partial charge in [-0.2, -0.15) is 0 Å². The molecule has 0 bridgehead atoms. The monoisotopic (exact) mass is 152 g/mol. The molecule has 0 amide bonds. The lowest BCUT2D eigenvalue weighted by Crippen LogP contribution is -2.64. The Kier molecular flexibility index (Phi) is 1.16. The predicted molar refractivity (Wildman–Crippen MR) is 48.5 cm³/mol. The van der Waals surface area contributed by atoms with Crippen molar-refractivity contribution in [2.75, 3.05) is 0 Å². The fourth-order valence-corrected chi connectivity index (χ4v) is 4.14. The van der Waals surface area contributed by atoms with Crippen LogP contribution in [0.1, 0.15) is 53.4 Å². The van der Waals surface area contributed by atoms with E-state index < -0.39 is 0 Å². The van der Waals surface area contributed by atoms with Gasteiger partial charge in [0.15, 0.2) is 0 Å². The van der Waals surface area contributed by atoms with Crippen molar-refractivity contribution in [1.82, 2.24) is 0 Å². The van der Waals surface area contributed by atoms with E-state index in [2.05, 4.69) is 27.7 Å². The van der Waals surface area contributed by atoms with Crippen LogP contribution in [0.15, 0.2) is 0 Å². The molecule has 0 aromatic rings. The maximum Gasteiger partial charge on any atom is -0.0195 e. The Balaban J connectivity index is 2.27. The van der Waals surface area contributed by atoms with Crippen LogP contribution >= 0.6 is 0 Å². The van der Waals surface area contributed by atoms with Gasteiger partial charge >= 0.3 is 0 Å². The van der Waals surface area contributed by atoms with Gasteiger partial charge in [-0.1, -0.05) is 34.1 Å². The van der Waals surface area contributed by atoms with Gasteiger partial charge in [0, 0.05) is 0 Å². The zero-order valence-electron chi connectivity index (χ0n) is 8.33. The van der Waals surface area contributed by atoms with E-state index in [1.165, 1.54) is 25.7 Å². The molecule has 0 radical (unpaired) electrons. The van der Waals surface area contributed by atoms with E-state index in [0.717, 1.165) is 5.41 Å². The fourth-order valence-electron chi connectivity index (χ4n) is 4.14. The molecular formula is C11H20. The standard InChI is InChI=1S/C11H20/c1-9(2)8-10(3,4)11(9)6-5-7-11/h5-8H2,1-4H3. The minimum absolute atomic E-state index is 0.648. The summed E-state index contributed by atoms with van der Waals surface area (Å²) < 4.78 is 0. The highest BCUT2D eigenvalue weighted by atomic mass is 14.7. The number of hydrogen-bond acceptors (Lipinski definition) is 0. The molecule has 1 spiro atoms. The summed E-state index contributed by atoms with van der Waals surface area (Å²) in [6.07, 6.45) is 5.90. The average Bonchev–Trinajstić information content (AvgIpc) is 1.50. The van der Waals surface area contributed by atoms with Gasteiger partial charge in [0.2, 0.25) is 0 Å². The first-order valence-corrected chi connectivity index (χ1v) is 4.91. The van der Waals surface area contributed by atoms with Crippen LogP contribution in [0.25, 0.3) is 0 Å². The Morgan fingerprint density at radius 2 is 1.27 bits per heavy atom. The Labute approximate surface area is 70.4 Å². The molecule has 0 unspecified atom stereocenters. The average molecular weight is 152 g/mol. The van der Waals surface area contributed by atoms with Crippen molar-refractivity contribution in [1.29, 1.82) is 0 Å². The van der Waals surface area contributed by atoms with Crippen LogP contribution in [0.5, 0.6) is 0 Å². The Bertz CT molecular complexity index is 166. The van der Waals surface area contributed by atoms with Crippen LogP contribution < -0.4 is 0 Å². The van der Waals surface area contributed by atoms with Crippen LogP contribution in [0.4, 0.5) is 0 Å². The molecule has 2 aliphatic carbocycles. The molecule has 2 fully saturated rings. The molecule has 64 valence electrons. The zero-order chi connectivity index (χ0) is 8.33. The van der Waals surface area contributed by atoms with Crippen LogP contribution in [-0.2, 0) is 0 Å². The van der Waals surface area contributed by atoms with Crippen LogP contribution in [0.2, 0.25) is 0 Å². The minimum atomic E-state index is 0.648. The molecule has 0 heteroatoms. The van der Waals surface area contributed by atoms with Gasteiger partial charge in [-0.25, -0.2) is 0 Å². The van der Waals surface area contributed by atoms with E-state index in [0.29, 0.717) is 10.8 Å². The maximum absolute atomic E-state index is 2.46. The van der Waals surface area contributed by atoms with E-state index in [4.69, 9.17) is 0 Å². The van der Waals surface area contributed by atoms with Crippen molar-refractivity contribution in [2.45, 2.75) is 53.4 Å². The molecule has 0 aromatic carbocycles. The molecule has 0 nitrogen and oxygen atoms in total. The topological polar surface area (TPSA) is 0 Å². The first-order valence-electron chi connectivity index (χ1n) is 4.91. The lowest BCUT2D eigenvalue weighted by molar-refractivity contribution is -0.229. The molecule has 2 aliphatic rings. The number of hydrogen-bond donors (Lipinski definition) is 0. The minimum Gasteiger partial charge on any atom is -0.0593 e. The lowest BCUT2D eigenvalue weighted by Gasteiger charge is -2.72. The third-order valence-corrected chi connectivity index (χ3v) is 4.68. The summed E-state index contributed by atoms with van der Waals surface area (Å²) in [5.74, 6) is 0. The van der Waals surface area contributed by atoms with Crippen molar-refractivity contribution in [3.63, 3.8) is 0 Å². The highest BCUT2D eigenvalue weighted by Gasteiger charge is 2.66. The van der Waals surface area contributed by atoms with Crippen molar-refractivity contribution < 1.29 is 0 Å². The second-order valence-corrected chi connectivity index (χ2v) is 5.88. The second kappa shape index (κ2) is 1.67. The Morgan fingerprint density at radius 3 is 1.36 bits per heavy atom. The summed E-state index contributed by atoms with van der Waals surface area (Å²) in [4.78, 5) is 0. The van der Waals surface area contributed by atoms with Gasteiger partial charge in [0.1, 0.15) is 0 Å². The summed E-state index contributed by atoms with van der Waals surface area (Å²) in [7, 11) is 0. The molecule has 0 atom stereocenters. The predicted octanol–water partition coefficient (Wildman–Crippen LogP) is 3.61.